The molecule has 3 heteroatoms. The molecule has 3 aromatic rings. The van der Waals surface area contributed by atoms with Crippen LogP contribution in [0.1, 0.15) is 34.3 Å². The van der Waals surface area contributed by atoms with Crippen molar-refractivity contribution in [3.8, 4) is 16.8 Å². The van der Waals surface area contributed by atoms with Crippen molar-refractivity contribution < 1.29 is 4.79 Å². The molecule has 2 aromatic carbocycles. The first-order valence-electron chi connectivity index (χ1n) is 8.78. The van der Waals surface area contributed by atoms with Crippen LogP contribution in [0.3, 0.4) is 0 Å². The van der Waals surface area contributed by atoms with E-state index >= 15 is 0 Å². The molecular weight excluding hydrogens is 308 g/mol. The topological polar surface area (TPSA) is 34.0 Å². The third kappa shape index (κ3) is 3.22. The zero-order valence-electron chi connectivity index (χ0n) is 14.6. The summed E-state index contributed by atoms with van der Waals surface area (Å²) in [5.74, 6) is 0.0378. The van der Waals surface area contributed by atoms with E-state index in [4.69, 9.17) is 0 Å². The number of nitrogens with one attached hydrogen (secondary N) is 1. The number of aromatic nitrogens is 1. The van der Waals surface area contributed by atoms with E-state index in [2.05, 4.69) is 48.0 Å². The van der Waals surface area contributed by atoms with Crippen LogP contribution in [0.25, 0.3) is 16.8 Å². The zero-order valence-corrected chi connectivity index (χ0v) is 14.6. The molecule has 0 spiro atoms. The Kier molecular flexibility index (Phi) is 3.92. The Morgan fingerprint density at radius 2 is 1.72 bits per heavy atom. The number of hydrogen-bond acceptors (Lipinski definition) is 1. The van der Waals surface area contributed by atoms with Crippen LogP contribution < -0.4 is 5.32 Å². The lowest BCUT2D eigenvalue weighted by molar-refractivity contribution is 0.0951. The van der Waals surface area contributed by atoms with E-state index in [0.29, 0.717) is 6.04 Å². The molecule has 1 aliphatic carbocycles. The standard InChI is InChI=1S/C22H22N2O/c1-15-13-18(22(25)23-19-7-8-19)14-21(16(15)2)17-5-9-20(10-6-17)24-11-3-4-12-24/h3-6,9-14,19H,7-8H2,1-2H3,(H,23,25). The number of benzene rings is 2. The van der Waals surface area contributed by atoms with E-state index in [1.165, 1.54) is 5.56 Å². The van der Waals surface area contributed by atoms with Crippen molar-refractivity contribution in [1.82, 2.24) is 9.88 Å². The second-order valence-corrected chi connectivity index (χ2v) is 6.85. The fourth-order valence-corrected chi connectivity index (χ4v) is 3.11. The lowest BCUT2D eigenvalue weighted by atomic mass is 9.94. The van der Waals surface area contributed by atoms with Crippen molar-refractivity contribution >= 4 is 5.91 Å². The van der Waals surface area contributed by atoms with Crippen molar-refractivity contribution in [2.45, 2.75) is 32.7 Å². The van der Waals surface area contributed by atoms with Gasteiger partial charge in [0.05, 0.1) is 0 Å². The van der Waals surface area contributed by atoms with E-state index in [1.807, 2.05) is 36.7 Å². The van der Waals surface area contributed by atoms with Gasteiger partial charge in [0.2, 0.25) is 0 Å². The molecule has 1 N–H and O–H groups in total. The molecule has 1 aliphatic rings. The molecule has 0 unspecified atom stereocenters. The normalized spacial score (nSPS) is 13.7. The zero-order chi connectivity index (χ0) is 17.4. The summed E-state index contributed by atoms with van der Waals surface area (Å²) in [5.41, 5.74) is 6.51. The minimum absolute atomic E-state index is 0.0378. The van der Waals surface area contributed by atoms with Gasteiger partial charge in [-0.25, -0.2) is 0 Å². The van der Waals surface area contributed by atoms with Gasteiger partial charge in [-0.15, -0.1) is 0 Å². The summed E-state index contributed by atoms with van der Waals surface area (Å²) < 4.78 is 2.08. The molecule has 1 aromatic heterocycles. The van der Waals surface area contributed by atoms with Crippen LogP contribution in [0, 0.1) is 13.8 Å². The van der Waals surface area contributed by atoms with E-state index in [9.17, 15) is 4.79 Å². The van der Waals surface area contributed by atoms with Gasteiger partial charge in [0, 0.05) is 29.7 Å². The first-order chi connectivity index (χ1) is 12.1. The highest BCUT2D eigenvalue weighted by Gasteiger charge is 2.24. The van der Waals surface area contributed by atoms with Crippen LogP contribution in [-0.4, -0.2) is 16.5 Å². The lowest BCUT2D eigenvalue weighted by Gasteiger charge is -2.13. The van der Waals surface area contributed by atoms with Gasteiger partial charge in [-0.3, -0.25) is 4.79 Å². The number of carbonyl (C=O) groups excluding carboxylic acids is 1. The molecule has 1 heterocycles. The molecule has 0 radical (unpaired) electrons. The van der Waals surface area contributed by atoms with E-state index in [1.54, 1.807) is 0 Å². The van der Waals surface area contributed by atoms with Gasteiger partial charge in [0.1, 0.15) is 0 Å². The summed E-state index contributed by atoms with van der Waals surface area (Å²) in [7, 11) is 0. The van der Waals surface area contributed by atoms with Gasteiger partial charge in [0.15, 0.2) is 0 Å². The Morgan fingerprint density at radius 3 is 2.36 bits per heavy atom. The monoisotopic (exact) mass is 330 g/mol. The molecule has 1 amide bonds. The maximum absolute atomic E-state index is 12.4. The quantitative estimate of drug-likeness (QED) is 0.742. The number of nitrogens with zero attached hydrogens (tertiary/aromatic N) is 1. The molecule has 3 nitrogen and oxygen atoms in total. The maximum atomic E-state index is 12.4. The largest absolute Gasteiger partial charge is 0.349 e. The number of aryl methyl sites for hydroxylation is 1. The second kappa shape index (κ2) is 6.25. The average Bonchev–Trinajstić information content (AvgIpc) is 3.26. The third-order valence-electron chi connectivity index (χ3n) is 4.92. The summed E-state index contributed by atoms with van der Waals surface area (Å²) in [5, 5.41) is 3.08. The first kappa shape index (κ1) is 15.7. The summed E-state index contributed by atoms with van der Waals surface area (Å²) in [6.07, 6.45) is 6.27. The molecule has 4 rings (SSSR count). The van der Waals surface area contributed by atoms with E-state index in [-0.39, 0.29) is 5.91 Å². The minimum Gasteiger partial charge on any atom is -0.349 e. The summed E-state index contributed by atoms with van der Waals surface area (Å²) in [4.78, 5) is 12.4. The molecular formula is C22H22N2O. The van der Waals surface area contributed by atoms with Crippen LogP contribution in [0.2, 0.25) is 0 Å². The van der Waals surface area contributed by atoms with Crippen LogP contribution in [0.5, 0.6) is 0 Å². The van der Waals surface area contributed by atoms with Crippen molar-refractivity contribution in [3.63, 3.8) is 0 Å². The molecule has 0 aliphatic heterocycles. The molecule has 126 valence electrons. The molecule has 1 saturated carbocycles. The first-order valence-corrected chi connectivity index (χ1v) is 8.78. The lowest BCUT2D eigenvalue weighted by Crippen LogP contribution is -2.25. The summed E-state index contributed by atoms with van der Waals surface area (Å²) >= 11 is 0. The third-order valence-corrected chi connectivity index (χ3v) is 4.92. The van der Waals surface area contributed by atoms with Crippen molar-refractivity contribution in [2.75, 3.05) is 0 Å². The van der Waals surface area contributed by atoms with Gasteiger partial charge in [0.25, 0.3) is 5.91 Å². The molecule has 1 fully saturated rings. The highest BCUT2D eigenvalue weighted by Crippen LogP contribution is 2.29. The van der Waals surface area contributed by atoms with Gasteiger partial charge in [-0.2, -0.15) is 0 Å². The predicted molar refractivity (Wildman–Crippen MR) is 101 cm³/mol. The molecule has 25 heavy (non-hydrogen) atoms. The molecule has 0 bridgehead atoms. The van der Waals surface area contributed by atoms with Crippen LogP contribution in [0.15, 0.2) is 60.9 Å². The van der Waals surface area contributed by atoms with E-state index in [0.717, 1.165) is 40.8 Å². The number of hydrogen-bond donors (Lipinski definition) is 1. The van der Waals surface area contributed by atoms with Crippen LogP contribution in [-0.2, 0) is 0 Å². The highest BCUT2D eigenvalue weighted by atomic mass is 16.1. The fourth-order valence-electron chi connectivity index (χ4n) is 3.11. The van der Waals surface area contributed by atoms with Crippen molar-refractivity contribution in [2.24, 2.45) is 0 Å². The Labute approximate surface area is 148 Å². The summed E-state index contributed by atoms with van der Waals surface area (Å²) in [6, 6.07) is 16.9. The Morgan fingerprint density at radius 1 is 1.04 bits per heavy atom. The maximum Gasteiger partial charge on any atom is 0.251 e. The fraction of sp³-hybridized carbons (Fsp3) is 0.227. The predicted octanol–water partition coefficient (Wildman–Crippen LogP) is 4.65. The molecule has 0 atom stereocenters. The Bertz CT molecular complexity index is 904. The smallest absolute Gasteiger partial charge is 0.251 e. The van der Waals surface area contributed by atoms with Crippen LogP contribution in [0.4, 0.5) is 0 Å². The van der Waals surface area contributed by atoms with Gasteiger partial charge < -0.3 is 9.88 Å². The van der Waals surface area contributed by atoms with Crippen LogP contribution >= 0.6 is 0 Å². The van der Waals surface area contributed by atoms with E-state index < -0.39 is 0 Å². The number of rotatable bonds is 4. The van der Waals surface area contributed by atoms with Gasteiger partial charge in [-0.1, -0.05) is 12.1 Å². The van der Waals surface area contributed by atoms with Crippen molar-refractivity contribution in [3.05, 3.63) is 77.6 Å². The van der Waals surface area contributed by atoms with Crippen molar-refractivity contribution in [1.29, 1.82) is 0 Å². The average molecular weight is 330 g/mol. The second-order valence-electron chi connectivity index (χ2n) is 6.85. The highest BCUT2D eigenvalue weighted by molar-refractivity contribution is 5.96. The number of carbonyl (C=O) groups is 1. The Hall–Kier alpha value is -2.81. The minimum atomic E-state index is 0.0378. The summed E-state index contributed by atoms with van der Waals surface area (Å²) in [6.45, 7) is 4.19. The van der Waals surface area contributed by atoms with Gasteiger partial charge in [-0.05, 0) is 85.3 Å². The SMILES string of the molecule is Cc1cc(C(=O)NC2CC2)cc(-c2ccc(-n3cccc3)cc2)c1C. The Balaban J connectivity index is 1.68. The molecule has 0 saturated heterocycles. The number of amides is 1. The van der Waals surface area contributed by atoms with Gasteiger partial charge >= 0.3 is 0 Å².